The van der Waals surface area contributed by atoms with Gasteiger partial charge in [0.25, 0.3) is 0 Å². The van der Waals surface area contributed by atoms with Crippen LogP contribution >= 0.6 is 0 Å². The van der Waals surface area contributed by atoms with Crippen LogP contribution in [-0.2, 0) is 0 Å². The molecule has 0 bridgehead atoms. The van der Waals surface area contributed by atoms with Crippen molar-refractivity contribution in [2.45, 2.75) is 71.6 Å². The highest BCUT2D eigenvalue weighted by atomic mass is 16.3. The molecule has 0 amide bonds. The van der Waals surface area contributed by atoms with Gasteiger partial charge >= 0.3 is 0 Å². The summed E-state index contributed by atoms with van der Waals surface area (Å²) in [6.07, 6.45) is 2.67. The molecule has 0 radical (unpaired) electrons. The molecule has 2 fully saturated rings. The number of likely N-dealkylation sites (tertiary alicyclic amines) is 1. The largest absolute Gasteiger partial charge is 0.395 e. The van der Waals surface area contributed by atoms with E-state index in [0.717, 1.165) is 19.0 Å². The van der Waals surface area contributed by atoms with E-state index in [-0.39, 0.29) is 6.61 Å². The van der Waals surface area contributed by atoms with E-state index in [9.17, 15) is 5.11 Å². The predicted molar refractivity (Wildman–Crippen MR) is 93.2 cm³/mol. The molecular weight excluding hydrogens is 274 g/mol. The van der Waals surface area contributed by atoms with E-state index < -0.39 is 0 Å². The van der Waals surface area contributed by atoms with Crippen molar-refractivity contribution in [1.82, 2.24) is 14.7 Å². The van der Waals surface area contributed by atoms with Crippen molar-refractivity contribution in [3.8, 4) is 0 Å². The van der Waals surface area contributed by atoms with Gasteiger partial charge in [-0.25, -0.2) is 0 Å². The van der Waals surface area contributed by atoms with Crippen molar-refractivity contribution in [1.29, 1.82) is 0 Å². The van der Waals surface area contributed by atoms with E-state index in [4.69, 9.17) is 0 Å². The van der Waals surface area contributed by atoms with E-state index in [1.807, 2.05) is 0 Å². The summed E-state index contributed by atoms with van der Waals surface area (Å²) < 4.78 is 0. The topological polar surface area (TPSA) is 30.0 Å². The van der Waals surface area contributed by atoms with Crippen LogP contribution in [0, 0.1) is 5.92 Å². The lowest BCUT2D eigenvalue weighted by atomic mass is 9.94. The van der Waals surface area contributed by atoms with Crippen molar-refractivity contribution in [3.63, 3.8) is 0 Å². The Balaban J connectivity index is 1.84. The molecule has 2 aliphatic rings. The molecule has 2 aliphatic heterocycles. The maximum Gasteiger partial charge on any atom is 0.0599 e. The number of hydrogen-bond acceptors (Lipinski definition) is 4. The standard InChI is InChI=1S/C18H37N3O/c1-14(2)20-8-6-17(7-9-20)11-19-10-16(5)21(15(3)4)18(12-19)13-22/h14-18,22H,6-13H2,1-5H3. The van der Waals surface area contributed by atoms with Crippen LogP contribution in [0.2, 0.25) is 0 Å². The zero-order chi connectivity index (χ0) is 16.3. The molecule has 0 aromatic carbocycles. The van der Waals surface area contributed by atoms with Crippen LogP contribution in [0.15, 0.2) is 0 Å². The average molecular weight is 312 g/mol. The number of piperazine rings is 1. The predicted octanol–water partition coefficient (Wildman–Crippen LogP) is 1.88. The monoisotopic (exact) mass is 311 g/mol. The highest BCUT2D eigenvalue weighted by Crippen LogP contribution is 2.24. The summed E-state index contributed by atoms with van der Waals surface area (Å²) in [6, 6.07) is 2.05. The first-order valence-corrected chi connectivity index (χ1v) is 9.27. The Morgan fingerprint density at radius 2 is 1.64 bits per heavy atom. The summed E-state index contributed by atoms with van der Waals surface area (Å²) in [5.74, 6) is 0.840. The Kier molecular flexibility index (Phi) is 6.69. The number of piperidine rings is 1. The second-order valence-corrected chi connectivity index (χ2v) is 8.02. The van der Waals surface area contributed by atoms with Gasteiger partial charge < -0.3 is 10.0 Å². The summed E-state index contributed by atoms with van der Waals surface area (Å²) in [7, 11) is 0. The van der Waals surface area contributed by atoms with Gasteiger partial charge in [0.2, 0.25) is 0 Å². The summed E-state index contributed by atoms with van der Waals surface area (Å²) in [6.45, 7) is 17.6. The van der Waals surface area contributed by atoms with E-state index in [0.29, 0.717) is 24.2 Å². The first-order valence-electron chi connectivity index (χ1n) is 9.27. The molecule has 0 aromatic heterocycles. The van der Waals surface area contributed by atoms with Gasteiger partial charge in [-0.1, -0.05) is 0 Å². The molecule has 0 spiro atoms. The molecule has 2 rings (SSSR count). The van der Waals surface area contributed by atoms with Gasteiger partial charge in [-0.2, -0.15) is 0 Å². The van der Waals surface area contributed by atoms with Crippen molar-refractivity contribution >= 4 is 0 Å². The Bertz CT molecular complexity index is 326. The molecule has 2 heterocycles. The van der Waals surface area contributed by atoms with E-state index in [1.165, 1.54) is 32.5 Å². The Morgan fingerprint density at radius 3 is 2.14 bits per heavy atom. The maximum absolute atomic E-state index is 9.77. The third-order valence-corrected chi connectivity index (χ3v) is 5.62. The van der Waals surface area contributed by atoms with Crippen molar-refractivity contribution < 1.29 is 5.11 Å². The van der Waals surface area contributed by atoms with Crippen molar-refractivity contribution in [3.05, 3.63) is 0 Å². The highest BCUT2D eigenvalue weighted by Gasteiger charge is 2.34. The molecule has 2 atom stereocenters. The molecule has 22 heavy (non-hydrogen) atoms. The molecule has 0 aliphatic carbocycles. The SMILES string of the molecule is CC(C)N1CCC(CN2CC(C)N(C(C)C)C(CO)C2)CC1. The molecule has 0 aromatic rings. The number of rotatable bonds is 5. The lowest BCUT2D eigenvalue weighted by Gasteiger charge is -2.48. The van der Waals surface area contributed by atoms with Crippen LogP contribution < -0.4 is 0 Å². The van der Waals surface area contributed by atoms with Gasteiger partial charge in [-0.3, -0.25) is 9.80 Å². The van der Waals surface area contributed by atoms with Crippen LogP contribution in [-0.4, -0.2) is 83.3 Å². The molecule has 2 unspecified atom stereocenters. The number of hydrogen-bond donors (Lipinski definition) is 1. The first-order chi connectivity index (χ1) is 10.4. The Morgan fingerprint density at radius 1 is 1.00 bits per heavy atom. The van der Waals surface area contributed by atoms with Gasteiger partial charge in [-0.05, 0) is 66.5 Å². The van der Waals surface area contributed by atoms with Gasteiger partial charge in [0.15, 0.2) is 0 Å². The van der Waals surface area contributed by atoms with Crippen molar-refractivity contribution in [2.24, 2.45) is 5.92 Å². The number of nitrogens with zero attached hydrogens (tertiary/aromatic N) is 3. The maximum atomic E-state index is 9.77. The van der Waals surface area contributed by atoms with Gasteiger partial charge in [-0.15, -0.1) is 0 Å². The van der Waals surface area contributed by atoms with Crippen LogP contribution in [0.1, 0.15) is 47.5 Å². The minimum atomic E-state index is 0.283. The van der Waals surface area contributed by atoms with Crippen LogP contribution in [0.4, 0.5) is 0 Å². The highest BCUT2D eigenvalue weighted by molar-refractivity contribution is 4.90. The molecule has 4 heteroatoms. The summed E-state index contributed by atoms with van der Waals surface area (Å²) in [4.78, 5) is 7.71. The van der Waals surface area contributed by atoms with E-state index in [2.05, 4.69) is 49.3 Å². The smallest absolute Gasteiger partial charge is 0.0599 e. The van der Waals surface area contributed by atoms with E-state index in [1.54, 1.807) is 0 Å². The van der Waals surface area contributed by atoms with Gasteiger partial charge in [0.1, 0.15) is 0 Å². The lowest BCUT2D eigenvalue weighted by Crippen LogP contribution is -2.61. The molecule has 2 saturated heterocycles. The molecule has 1 N–H and O–H groups in total. The van der Waals surface area contributed by atoms with Crippen LogP contribution in [0.3, 0.4) is 0 Å². The summed E-state index contributed by atoms with van der Waals surface area (Å²) >= 11 is 0. The quantitative estimate of drug-likeness (QED) is 0.840. The molecule has 130 valence electrons. The van der Waals surface area contributed by atoms with Gasteiger partial charge in [0, 0.05) is 43.8 Å². The normalized spacial score (nSPS) is 30.5. The number of aliphatic hydroxyl groups is 1. The van der Waals surface area contributed by atoms with Crippen LogP contribution in [0.5, 0.6) is 0 Å². The Hall–Kier alpha value is -0.160. The van der Waals surface area contributed by atoms with E-state index >= 15 is 0 Å². The number of aliphatic hydroxyl groups excluding tert-OH is 1. The second-order valence-electron chi connectivity index (χ2n) is 8.02. The third-order valence-electron chi connectivity index (χ3n) is 5.62. The molecular formula is C18H37N3O. The average Bonchev–Trinajstić information content (AvgIpc) is 2.46. The fourth-order valence-corrected chi connectivity index (χ4v) is 4.54. The van der Waals surface area contributed by atoms with Gasteiger partial charge in [0.05, 0.1) is 6.61 Å². The molecule has 0 saturated carbocycles. The van der Waals surface area contributed by atoms with Crippen LogP contribution in [0.25, 0.3) is 0 Å². The minimum absolute atomic E-state index is 0.283. The summed E-state index contributed by atoms with van der Waals surface area (Å²) in [5, 5.41) is 9.77. The zero-order valence-corrected chi connectivity index (χ0v) is 15.3. The van der Waals surface area contributed by atoms with Crippen molar-refractivity contribution in [2.75, 3.05) is 39.3 Å². The minimum Gasteiger partial charge on any atom is -0.395 e. The fraction of sp³-hybridized carbons (Fsp3) is 1.00. The fourth-order valence-electron chi connectivity index (χ4n) is 4.54. The third kappa shape index (κ3) is 4.44. The second kappa shape index (κ2) is 8.09. The summed E-state index contributed by atoms with van der Waals surface area (Å²) in [5.41, 5.74) is 0. The zero-order valence-electron chi connectivity index (χ0n) is 15.3. The Labute approximate surface area is 137 Å². The lowest BCUT2D eigenvalue weighted by molar-refractivity contribution is -0.0229. The first kappa shape index (κ1) is 18.2. The molecule has 4 nitrogen and oxygen atoms in total.